The first-order chi connectivity index (χ1) is 10.2. The van der Waals surface area contributed by atoms with Gasteiger partial charge in [0.05, 0.1) is 18.6 Å². The van der Waals surface area contributed by atoms with Crippen LogP contribution in [0.4, 0.5) is 0 Å². The molecule has 1 saturated heterocycles. The van der Waals surface area contributed by atoms with Crippen LogP contribution in [0, 0.1) is 17.2 Å². The van der Waals surface area contributed by atoms with E-state index in [-0.39, 0.29) is 5.92 Å². The summed E-state index contributed by atoms with van der Waals surface area (Å²) in [5, 5.41) is 18.6. The monoisotopic (exact) mass is 288 g/mol. The lowest BCUT2D eigenvalue weighted by atomic mass is 9.95. The van der Waals surface area contributed by atoms with Gasteiger partial charge in [-0.15, -0.1) is 0 Å². The standard InChI is InChI=1S/C16H20N2O3/c1-2-21-14-7-5-12(6-8-14)15(10-17)18-9-3-4-13(11-18)16(19)20/h5-8,13,15H,2-4,9,11H2,1H3,(H,19,20). The Morgan fingerprint density at radius 2 is 2.24 bits per heavy atom. The molecule has 1 aromatic rings. The fraction of sp³-hybridized carbons (Fsp3) is 0.500. The van der Waals surface area contributed by atoms with Crippen molar-refractivity contribution in [1.29, 1.82) is 5.26 Å². The highest BCUT2D eigenvalue weighted by atomic mass is 16.5. The van der Waals surface area contributed by atoms with E-state index in [1.807, 2.05) is 36.1 Å². The Hall–Kier alpha value is -2.06. The molecule has 1 aliphatic rings. The number of rotatable bonds is 5. The molecule has 2 atom stereocenters. The zero-order chi connectivity index (χ0) is 15.2. The summed E-state index contributed by atoms with van der Waals surface area (Å²) < 4.78 is 5.39. The van der Waals surface area contributed by atoms with Crippen molar-refractivity contribution in [3.63, 3.8) is 0 Å². The summed E-state index contributed by atoms with van der Waals surface area (Å²) in [7, 11) is 0. The first-order valence-corrected chi connectivity index (χ1v) is 7.25. The van der Waals surface area contributed by atoms with Crippen molar-refractivity contribution in [2.45, 2.75) is 25.8 Å². The van der Waals surface area contributed by atoms with Crippen LogP contribution in [-0.2, 0) is 4.79 Å². The average molecular weight is 288 g/mol. The number of benzene rings is 1. The van der Waals surface area contributed by atoms with Gasteiger partial charge in [0.2, 0.25) is 0 Å². The van der Waals surface area contributed by atoms with Crippen LogP contribution >= 0.6 is 0 Å². The number of carboxylic acid groups (broad SMARTS) is 1. The van der Waals surface area contributed by atoms with E-state index in [0.717, 1.165) is 24.3 Å². The SMILES string of the molecule is CCOc1ccc(C(C#N)N2CCCC(C(=O)O)C2)cc1. The van der Waals surface area contributed by atoms with Gasteiger partial charge in [-0.1, -0.05) is 12.1 Å². The summed E-state index contributed by atoms with van der Waals surface area (Å²) >= 11 is 0. The Balaban J connectivity index is 2.11. The molecule has 0 saturated carbocycles. The topological polar surface area (TPSA) is 73.6 Å². The molecule has 1 aliphatic heterocycles. The molecule has 0 aromatic heterocycles. The van der Waals surface area contributed by atoms with E-state index in [0.29, 0.717) is 19.6 Å². The summed E-state index contributed by atoms with van der Waals surface area (Å²) in [6, 6.07) is 9.35. The smallest absolute Gasteiger partial charge is 0.307 e. The van der Waals surface area contributed by atoms with Crippen LogP contribution in [0.5, 0.6) is 5.75 Å². The molecule has 2 unspecified atom stereocenters. The van der Waals surface area contributed by atoms with Crippen LogP contribution in [0.2, 0.25) is 0 Å². The van der Waals surface area contributed by atoms with Crippen molar-refractivity contribution >= 4 is 5.97 Å². The van der Waals surface area contributed by atoms with Gasteiger partial charge in [-0.05, 0) is 44.0 Å². The van der Waals surface area contributed by atoms with Crippen LogP contribution in [0.3, 0.4) is 0 Å². The molecule has 0 spiro atoms. The normalized spacial score (nSPS) is 20.5. The highest BCUT2D eigenvalue weighted by Crippen LogP contribution is 2.27. The van der Waals surface area contributed by atoms with Gasteiger partial charge in [0, 0.05) is 6.54 Å². The van der Waals surface area contributed by atoms with Gasteiger partial charge >= 0.3 is 5.97 Å². The molecule has 0 aliphatic carbocycles. The predicted molar refractivity (Wildman–Crippen MR) is 77.9 cm³/mol. The second-order valence-electron chi connectivity index (χ2n) is 5.21. The van der Waals surface area contributed by atoms with Crippen LogP contribution in [-0.4, -0.2) is 35.7 Å². The fourth-order valence-corrected chi connectivity index (χ4v) is 2.72. The van der Waals surface area contributed by atoms with Crippen molar-refractivity contribution in [3.8, 4) is 11.8 Å². The zero-order valence-electron chi connectivity index (χ0n) is 12.2. The van der Waals surface area contributed by atoms with Gasteiger partial charge in [0.1, 0.15) is 11.8 Å². The third-order valence-corrected chi connectivity index (χ3v) is 3.80. The molecule has 1 fully saturated rings. The lowest BCUT2D eigenvalue weighted by Gasteiger charge is -2.33. The summed E-state index contributed by atoms with van der Waals surface area (Å²) in [6.07, 6.45) is 1.50. The highest BCUT2D eigenvalue weighted by Gasteiger charge is 2.30. The minimum Gasteiger partial charge on any atom is -0.494 e. The average Bonchev–Trinajstić information content (AvgIpc) is 2.50. The largest absolute Gasteiger partial charge is 0.494 e. The summed E-state index contributed by atoms with van der Waals surface area (Å²) in [6.45, 7) is 3.72. The van der Waals surface area contributed by atoms with E-state index >= 15 is 0 Å². The number of carboxylic acids is 1. The fourth-order valence-electron chi connectivity index (χ4n) is 2.72. The van der Waals surface area contributed by atoms with E-state index in [2.05, 4.69) is 6.07 Å². The van der Waals surface area contributed by atoms with Crippen molar-refractivity contribution < 1.29 is 14.6 Å². The van der Waals surface area contributed by atoms with E-state index in [1.54, 1.807) is 0 Å². The number of carbonyl (C=O) groups is 1. The number of hydrogen-bond acceptors (Lipinski definition) is 4. The van der Waals surface area contributed by atoms with Gasteiger partial charge < -0.3 is 9.84 Å². The molecule has 112 valence electrons. The molecule has 0 amide bonds. The predicted octanol–water partition coefficient (Wildman–Crippen LogP) is 2.45. The number of likely N-dealkylation sites (tertiary alicyclic amines) is 1. The highest BCUT2D eigenvalue weighted by molar-refractivity contribution is 5.70. The third-order valence-electron chi connectivity index (χ3n) is 3.80. The van der Waals surface area contributed by atoms with Gasteiger partial charge in [0.25, 0.3) is 0 Å². The maximum Gasteiger partial charge on any atom is 0.307 e. The van der Waals surface area contributed by atoms with Crippen molar-refractivity contribution in [1.82, 2.24) is 4.90 Å². The molecular formula is C16H20N2O3. The van der Waals surface area contributed by atoms with Crippen molar-refractivity contribution in [3.05, 3.63) is 29.8 Å². The van der Waals surface area contributed by atoms with E-state index < -0.39 is 12.0 Å². The molecule has 1 aromatic carbocycles. The summed E-state index contributed by atoms with van der Waals surface area (Å²) in [5.41, 5.74) is 0.881. The number of piperidine rings is 1. The molecule has 1 heterocycles. The van der Waals surface area contributed by atoms with E-state index in [1.165, 1.54) is 0 Å². The quantitative estimate of drug-likeness (QED) is 0.901. The van der Waals surface area contributed by atoms with Crippen molar-refractivity contribution in [2.24, 2.45) is 5.92 Å². The first-order valence-electron chi connectivity index (χ1n) is 7.25. The summed E-state index contributed by atoms with van der Waals surface area (Å²) in [4.78, 5) is 13.1. The van der Waals surface area contributed by atoms with Crippen LogP contribution in [0.25, 0.3) is 0 Å². The Morgan fingerprint density at radius 1 is 1.52 bits per heavy atom. The van der Waals surface area contributed by atoms with Crippen LogP contribution in [0.1, 0.15) is 31.4 Å². The maximum absolute atomic E-state index is 11.1. The molecule has 21 heavy (non-hydrogen) atoms. The number of hydrogen-bond donors (Lipinski definition) is 1. The molecule has 0 bridgehead atoms. The minimum atomic E-state index is -0.775. The zero-order valence-corrected chi connectivity index (χ0v) is 12.2. The van der Waals surface area contributed by atoms with E-state index in [9.17, 15) is 10.1 Å². The Bertz CT molecular complexity index is 521. The number of nitrogens with zero attached hydrogens (tertiary/aromatic N) is 2. The number of nitriles is 1. The van der Waals surface area contributed by atoms with Gasteiger partial charge in [-0.3, -0.25) is 9.69 Å². The van der Waals surface area contributed by atoms with Gasteiger partial charge in [-0.25, -0.2) is 0 Å². The van der Waals surface area contributed by atoms with Crippen LogP contribution < -0.4 is 4.74 Å². The maximum atomic E-state index is 11.1. The number of ether oxygens (including phenoxy) is 1. The Morgan fingerprint density at radius 3 is 2.81 bits per heavy atom. The molecule has 1 N–H and O–H groups in total. The third kappa shape index (κ3) is 3.73. The second kappa shape index (κ2) is 7.09. The Labute approximate surface area is 124 Å². The minimum absolute atomic E-state index is 0.378. The second-order valence-corrected chi connectivity index (χ2v) is 5.21. The van der Waals surface area contributed by atoms with Crippen molar-refractivity contribution in [2.75, 3.05) is 19.7 Å². The van der Waals surface area contributed by atoms with E-state index in [4.69, 9.17) is 9.84 Å². The van der Waals surface area contributed by atoms with Gasteiger partial charge in [0.15, 0.2) is 0 Å². The lowest BCUT2D eigenvalue weighted by Crippen LogP contribution is -2.40. The van der Waals surface area contributed by atoms with Gasteiger partial charge in [-0.2, -0.15) is 5.26 Å². The molecule has 0 radical (unpaired) electrons. The van der Waals surface area contributed by atoms with Crippen LogP contribution in [0.15, 0.2) is 24.3 Å². The molecular weight excluding hydrogens is 268 g/mol. The summed E-state index contributed by atoms with van der Waals surface area (Å²) in [5.74, 6) is -0.375. The number of aliphatic carboxylic acids is 1. The molecule has 5 heteroatoms. The molecule has 5 nitrogen and oxygen atoms in total. The molecule has 2 rings (SSSR count). The Kier molecular flexibility index (Phi) is 5.18. The lowest BCUT2D eigenvalue weighted by molar-refractivity contribution is -0.143. The first kappa shape index (κ1) is 15.3.